The molecule has 0 saturated heterocycles. The zero-order valence-corrected chi connectivity index (χ0v) is 9.35. The first-order chi connectivity index (χ1) is 8.25. The monoisotopic (exact) mass is 228 g/mol. The average molecular weight is 228 g/mol. The smallest absolute Gasteiger partial charge is 0.299 e. The van der Waals surface area contributed by atoms with Crippen LogP contribution in [-0.4, -0.2) is 18.2 Å². The summed E-state index contributed by atoms with van der Waals surface area (Å²) in [6.45, 7) is 0.503. The second kappa shape index (κ2) is 4.79. The minimum absolute atomic E-state index is 0.430. The van der Waals surface area contributed by atoms with Crippen LogP contribution in [0.5, 0.6) is 0 Å². The summed E-state index contributed by atoms with van der Waals surface area (Å²) in [5.74, 6) is -0.885. The number of unbranched alkanes of at least 4 members (excludes halogenated alkanes) is 2. The van der Waals surface area contributed by atoms with Crippen molar-refractivity contribution >= 4 is 17.4 Å². The van der Waals surface area contributed by atoms with Crippen LogP contribution in [0.15, 0.2) is 24.3 Å². The molecular formula is C13H12N2O2. The fourth-order valence-corrected chi connectivity index (χ4v) is 1.94. The van der Waals surface area contributed by atoms with E-state index in [1.54, 1.807) is 18.2 Å². The number of anilines is 1. The molecule has 0 aliphatic carbocycles. The SMILES string of the molecule is N#CCCCCN1C(=O)C(=O)c2ccccc21. The van der Waals surface area contributed by atoms with Gasteiger partial charge in [-0.25, -0.2) is 0 Å². The number of carbonyl (C=O) groups excluding carboxylic acids is 2. The van der Waals surface area contributed by atoms with Crippen molar-refractivity contribution in [1.82, 2.24) is 0 Å². The van der Waals surface area contributed by atoms with E-state index < -0.39 is 11.7 Å². The van der Waals surface area contributed by atoms with Gasteiger partial charge in [0.2, 0.25) is 0 Å². The summed E-state index contributed by atoms with van der Waals surface area (Å²) in [5, 5.41) is 8.43. The molecule has 4 heteroatoms. The Kier molecular flexibility index (Phi) is 3.20. The predicted molar refractivity (Wildman–Crippen MR) is 62.6 cm³/mol. The van der Waals surface area contributed by atoms with Gasteiger partial charge in [0, 0.05) is 13.0 Å². The number of fused-ring (bicyclic) bond motifs is 1. The first kappa shape index (κ1) is 11.3. The van der Waals surface area contributed by atoms with Crippen LogP contribution < -0.4 is 4.90 Å². The van der Waals surface area contributed by atoms with Gasteiger partial charge in [0.05, 0.1) is 17.3 Å². The fourth-order valence-electron chi connectivity index (χ4n) is 1.94. The van der Waals surface area contributed by atoms with Gasteiger partial charge in [0.25, 0.3) is 11.7 Å². The Hall–Kier alpha value is -2.15. The highest BCUT2D eigenvalue weighted by atomic mass is 16.2. The molecule has 1 aromatic carbocycles. The van der Waals surface area contributed by atoms with E-state index in [0.717, 1.165) is 12.8 Å². The number of amides is 1. The van der Waals surface area contributed by atoms with Crippen molar-refractivity contribution in [2.75, 3.05) is 11.4 Å². The molecule has 0 bridgehead atoms. The van der Waals surface area contributed by atoms with Crippen LogP contribution in [0.3, 0.4) is 0 Å². The van der Waals surface area contributed by atoms with Gasteiger partial charge in [-0.15, -0.1) is 0 Å². The maximum Gasteiger partial charge on any atom is 0.299 e. The molecule has 2 rings (SSSR count). The first-order valence-electron chi connectivity index (χ1n) is 5.58. The minimum Gasteiger partial charge on any atom is -0.305 e. The molecule has 1 amide bonds. The standard InChI is InChI=1S/C13H12N2O2/c14-8-4-1-5-9-15-11-7-3-2-6-10(11)12(16)13(15)17/h2-3,6-7H,1,4-5,9H2. The molecule has 1 aliphatic heterocycles. The lowest BCUT2D eigenvalue weighted by Gasteiger charge is -2.15. The van der Waals surface area contributed by atoms with Crippen molar-refractivity contribution in [3.63, 3.8) is 0 Å². The highest BCUT2D eigenvalue weighted by Gasteiger charge is 2.34. The highest BCUT2D eigenvalue weighted by Crippen LogP contribution is 2.28. The van der Waals surface area contributed by atoms with Gasteiger partial charge in [-0.05, 0) is 25.0 Å². The number of hydrogen-bond donors (Lipinski definition) is 0. The molecule has 1 aromatic rings. The second-order valence-corrected chi connectivity index (χ2v) is 3.92. The van der Waals surface area contributed by atoms with E-state index in [1.807, 2.05) is 6.07 Å². The largest absolute Gasteiger partial charge is 0.305 e. The molecule has 0 N–H and O–H groups in total. The van der Waals surface area contributed by atoms with Gasteiger partial charge in [-0.2, -0.15) is 5.26 Å². The molecule has 4 nitrogen and oxygen atoms in total. The summed E-state index contributed by atoms with van der Waals surface area (Å²) >= 11 is 0. The van der Waals surface area contributed by atoms with Crippen LogP contribution in [-0.2, 0) is 4.79 Å². The number of hydrogen-bond acceptors (Lipinski definition) is 3. The molecule has 0 aromatic heterocycles. The van der Waals surface area contributed by atoms with Gasteiger partial charge in [-0.3, -0.25) is 9.59 Å². The topological polar surface area (TPSA) is 61.2 Å². The van der Waals surface area contributed by atoms with Gasteiger partial charge in [-0.1, -0.05) is 12.1 Å². The molecule has 0 atom stereocenters. The molecule has 86 valence electrons. The van der Waals surface area contributed by atoms with Crippen molar-refractivity contribution in [3.8, 4) is 6.07 Å². The van der Waals surface area contributed by atoms with E-state index >= 15 is 0 Å². The molecule has 1 aliphatic rings. The lowest BCUT2D eigenvalue weighted by Crippen LogP contribution is -2.30. The molecule has 1 heterocycles. The van der Waals surface area contributed by atoms with E-state index in [9.17, 15) is 9.59 Å². The van der Waals surface area contributed by atoms with Crippen LogP contribution >= 0.6 is 0 Å². The number of Topliss-reactive ketones (excluding diaryl/α,β-unsaturated/α-hetero) is 1. The maximum atomic E-state index is 11.7. The third-order valence-corrected chi connectivity index (χ3v) is 2.80. The quantitative estimate of drug-likeness (QED) is 0.584. The number of para-hydroxylation sites is 1. The molecule has 0 spiro atoms. The minimum atomic E-state index is -0.455. The summed E-state index contributed by atoms with van der Waals surface area (Å²) < 4.78 is 0. The summed E-state index contributed by atoms with van der Waals surface area (Å²) in [7, 11) is 0. The van der Waals surface area contributed by atoms with E-state index in [-0.39, 0.29) is 0 Å². The summed E-state index contributed by atoms with van der Waals surface area (Å²) in [5.41, 5.74) is 1.18. The first-order valence-corrected chi connectivity index (χ1v) is 5.58. The number of ketones is 1. The summed E-state index contributed by atoms with van der Waals surface area (Å²) in [4.78, 5) is 24.9. The third-order valence-electron chi connectivity index (χ3n) is 2.80. The highest BCUT2D eigenvalue weighted by molar-refractivity contribution is 6.52. The molecule has 0 saturated carbocycles. The van der Waals surface area contributed by atoms with Crippen molar-refractivity contribution in [1.29, 1.82) is 5.26 Å². The van der Waals surface area contributed by atoms with Crippen LogP contribution in [0.25, 0.3) is 0 Å². The van der Waals surface area contributed by atoms with Gasteiger partial charge < -0.3 is 4.90 Å². The maximum absolute atomic E-state index is 11.7. The fraction of sp³-hybridized carbons (Fsp3) is 0.308. The third kappa shape index (κ3) is 2.04. The second-order valence-electron chi connectivity index (χ2n) is 3.92. The Bertz CT molecular complexity index is 502. The Labute approximate surface area is 99.5 Å². The molecule has 0 unspecified atom stereocenters. The lowest BCUT2D eigenvalue weighted by molar-refractivity contribution is -0.114. The molecule has 17 heavy (non-hydrogen) atoms. The van der Waals surface area contributed by atoms with Gasteiger partial charge in [0.15, 0.2) is 0 Å². The van der Waals surface area contributed by atoms with Gasteiger partial charge in [0.1, 0.15) is 0 Å². The van der Waals surface area contributed by atoms with Crippen LogP contribution in [0.1, 0.15) is 29.6 Å². The average Bonchev–Trinajstić information content (AvgIpc) is 2.60. The van der Waals surface area contributed by atoms with Gasteiger partial charge >= 0.3 is 0 Å². The Balaban J connectivity index is 2.11. The lowest BCUT2D eigenvalue weighted by atomic mass is 10.1. The summed E-state index contributed by atoms with van der Waals surface area (Å²) in [6.07, 6.45) is 1.97. The zero-order chi connectivity index (χ0) is 12.3. The Morgan fingerprint density at radius 2 is 1.94 bits per heavy atom. The van der Waals surface area contributed by atoms with Crippen molar-refractivity contribution < 1.29 is 9.59 Å². The molecular weight excluding hydrogens is 216 g/mol. The van der Waals surface area contributed by atoms with E-state index in [0.29, 0.717) is 24.2 Å². The number of benzene rings is 1. The number of rotatable bonds is 4. The zero-order valence-electron chi connectivity index (χ0n) is 9.35. The number of carbonyl (C=O) groups is 2. The van der Waals surface area contributed by atoms with Crippen molar-refractivity contribution in [2.45, 2.75) is 19.3 Å². The van der Waals surface area contributed by atoms with Crippen LogP contribution in [0.4, 0.5) is 5.69 Å². The Morgan fingerprint density at radius 3 is 2.71 bits per heavy atom. The van der Waals surface area contributed by atoms with E-state index in [1.165, 1.54) is 4.90 Å². The van der Waals surface area contributed by atoms with Crippen LogP contribution in [0.2, 0.25) is 0 Å². The van der Waals surface area contributed by atoms with E-state index in [4.69, 9.17) is 5.26 Å². The van der Waals surface area contributed by atoms with Crippen molar-refractivity contribution in [3.05, 3.63) is 29.8 Å². The van der Waals surface area contributed by atoms with Crippen molar-refractivity contribution in [2.24, 2.45) is 0 Å². The number of nitrogens with zero attached hydrogens (tertiary/aromatic N) is 2. The Morgan fingerprint density at radius 1 is 1.18 bits per heavy atom. The summed E-state index contributed by atoms with van der Waals surface area (Å²) in [6, 6.07) is 9.08. The number of nitriles is 1. The normalized spacial score (nSPS) is 13.7. The van der Waals surface area contributed by atoms with E-state index in [2.05, 4.69) is 6.07 Å². The van der Waals surface area contributed by atoms with Crippen LogP contribution in [0, 0.1) is 11.3 Å². The molecule has 0 fully saturated rings. The predicted octanol–water partition coefficient (Wildman–Crippen LogP) is 1.91. The molecule has 0 radical (unpaired) electrons.